The zero-order valence-corrected chi connectivity index (χ0v) is 21.6. The molecular weight excluding hydrogens is 454 g/mol. The first-order chi connectivity index (χ1) is 17.5. The fraction of sp³-hybridized carbons (Fsp3) is 0.607. The molecule has 1 aromatic carbocycles. The summed E-state index contributed by atoms with van der Waals surface area (Å²) in [5.41, 5.74) is 9.04. The van der Waals surface area contributed by atoms with Gasteiger partial charge in [0.1, 0.15) is 6.04 Å². The van der Waals surface area contributed by atoms with Gasteiger partial charge < -0.3 is 19.9 Å². The highest BCUT2D eigenvalue weighted by Gasteiger charge is 2.38. The van der Waals surface area contributed by atoms with Gasteiger partial charge in [0.2, 0.25) is 5.91 Å². The number of nitrogens with two attached hydrogens (primary N) is 1. The molecule has 3 heterocycles. The molecule has 0 aliphatic carbocycles. The van der Waals surface area contributed by atoms with E-state index in [9.17, 15) is 14.9 Å². The molecule has 0 bridgehead atoms. The van der Waals surface area contributed by atoms with E-state index in [4.69, 9.17) is 10.5 Å². The van der Waals surface area contributed by atoms with Crippen LogP contribution in [-0.4, -0.2) is 70.6 Å². The molecule has 2 aliphatic rings. The number of ether oxygens (including phenoxy) is 1. The molecule has 3 atom stereocenters. The molecule has 0 unspecified atom stereocenters. The Morgan fingerprint density at radius 3 is 2.75 bits per heavy atom. The van der Waals surface area contributed by atoms with E-state index in [1.165, 1.54) is 5.69 Å². The monoisotopic (exact) mass is 493 g/mol. The van der Waals surface area contributed by atoms with E-state index in [1.54, 1.807) is 6.92 Å². The predicted octanol–water partition coefficient (Wildman–Crippen LogP) is 3.20. The van der Waals surface area contributed by atoms with Crippen molar-refractivity contribution in [1.29, 1.82) is 5.26 Å². The van der Waals surface area contributed by atoms with E-state index >= 15 is 0 Å². The van der Waals surface area contributed by atoms with Crippen molar-refractivity contribution >= 4 is 22.8 Å². The Balaban J connectivity index is 1.38. The maximum atomic E-state index is 13.6. The SMILES string of the molecule is CCOC(=O)[C@@H](N)CCN1CCC[C@@H]1C(=O)N1CCC[C@H]1CCc1cc2ccc(C#N)cc2n1CC. The van der Waals surface area contributed by atoms with Crippen LogP contribution in [0.1, 0.15) is 63.6 Å². The summed E-state index contributed by atoms with van der Waals surface area (Å²) in [7, 11) is 0. The Morgan fingerprint density at radius 1 is 1.19 bits per heavy atom. The van der Waals surface area contributed by atoms with E-state index in [0.717, 1.165) is 69.1 Å². The first-order valence-electron chi connectivity index (χ1n) is 13.5. The van der Waals surface area contributed by atoms with Crippen molar-refractivity contribution in [3.8, 4) is 6.07 Å². The summed E-state index contributed by atoms with van der Waals surface area (Å²) in [6.45, 7) is 7.41. The minimum atomic E-state index is -0.643. The summed E-state index contributed by atoms with van der Waals surface area (Å²) < 4.78 is 7.32. The third-order valence-corrected chi connectivity index (χ3v) is 7.79. The van der Waals surface area contributed by atoms with Crippen LogP contribution in [0.5, 0.6) is 0 Å². The maximum absolute atomic E-state index is 13.6. The number of carbonyl (C=O) groups excluding carboxylic acids is 2. The van der Waals surface area contributed by atoms with Crippen LogP contribution in [-0.2, 0) is 27.3 Å². The second-order valence-electron chi connectivity index (χ2n) is 9.97. The Kier molecular flexibility index (Phi) is 8.65. The van der Waals surface area contributed by atoms with E-state index in [-0.39, 0.29) is 24.0 Å². The fourth-order valence-corrected chi connectivity index (χ4v) is 5.94. The van der Waals surface area contributed by atoms with Gasteiger partial charge in [0, 0.05) is 36.9 Å². The van der Waals surface area contributed by atoms with Gasteiger partial charge in [0.05, 0.1) is 24.3 Å². The number of nitriles is 1. The molecule has 36 heavy (non-hydrogen) atoms. The van der Waals surface area contributed by atoms with Gasteiger partial charge in [-0.05, 0) is 88.9 Å². The van der Waals surface area contributed by atoms with Crippen LogP contribution in [0.4, 0.5) is 0 Å². The van der Waals surface area contributed by atoms with Crippen LogP contribution in [0, 0.1) is 11.3 Å². The van der Waals surface area contributed by atoms with Gasteiger partial charge >= 0.3 is 5.97 Å². The van der Waals surface area contributed by atoms with Crippen LogP contribution in [0.3, 0.4) is 0 Å². The molecule has 0 radical (unpaired) electrons. The highest BCUT2D eigenvalue weighted by atomic mass is 16.5. The van der Waals surface area contributed by atoms with Gasteiger partial charge in [-0.25, -0.2) is 0 Å². The first kappa shape index (κ1) is 26.2. The van der Waals surface area contributed by atoms with Crippen molar-refractivity contribution in [3.05, 3.63) is 35.5 Å². The number of aromatic nitrogens is 1. The quantitative estimate of drug-likeness (QED) is 0.510. The standard InChI is InChI=1S/C28H39N5O3/c1-3-32-23(18-21-10-9-20(19-29)17-26(21)32)12-11-22-7-5-15-33(22)27(34)25-8-6-14-31(25)16-13-24(30)28(35)36-4-2/h9-10,17-18,22,24-25H,3-8,11-16,30H2,1-2H3/t22-,24-,25+/m0/s1. The maximum Gasteiger partial charge on any atom is 0.322 e. The van der Waals surface area contributed by atoms with Crippen LogP contribution >= 0.6 is 0 Å². The van der Waals surface area contributed by atoms with Crippen molar-refractivity contribution < 1.29 is 14.3 Å². The molecule has 1 aromatic heterocycles. The lowest BCUT2D eigenvalue weighted by molar-refractivity contribution is -0.144. The largest absolute Gasteiger partial charge is 0.465 e. The van der Waals surface area contributed by atoms with Gasteiger partial charge in [-0.1, -0.05) is 6.07 Å². The number of amides is 1. The van der Waals surface area contributed by atoms with Gasteiger partial charge in [-0.2, -0.15) is 5.26 Å². The zero-order valence-electron chi connectivity index (χ0n) is 21.6. The Labute approximate surface area is 214 Å². The Bertz CT molecular complexity index is 1120. The lowest BCUT2D eigenvalue weighted by atomic mass is 10.1. The topological polar surface area (TPSA) is 105 Å². The molecule has 2 fully saturated rings. The van der Waals surface area contributed by atoms with Crippen molar-refractivity contribution in [2.45, 2.75) is 83.5 Å². The predicted molar refractivity (Wildman–Crippen MR) is 139 cm³/mol. The normalized spacial score (nSPS) is 21.1. The van der Waals surface area contributed by atoms with Crippen LogP contribution in [0.25, 0.3) is 10.9 Å². The van der Waals surface area contributed by atoms with E-state index in [1.807, 2.05) is 18.2 Å². The number of esters is 1. The average Bonchev–Trinajstić information content (AvgIpc) is 3.63. The highest BCUT2D eigenvalue weighted by molar-refractivity contribution is 5.83. The van der Waals surface area contributed by atoms with Crippen molar-refractivity contribution in [2.24, 2.45) is 5.73 Å². The third-order valence-electron chi connectivity index (χ3n) is 7.79. The molecule has 2 aliphatic heterocycles. The second kappa shape index (κ2) is 11.9. The molecule has 4 rings (SSSR count). The summed E-state index contributed by atoms with van der Waals surface area (Å²) in [5.74, 6) is -0.137. The zero-order chi connectivity index (χ0) is 25.7. The number of hydrogen-bond donors (Lipinski definition) is 1. The van der Waals surface area contributed by atoms with E-state index in [2.05, 4.69) is 33.4 Å². The molecule has 1 amide bonds. The number of rotatable bonds is 10. The minimum absolute atomic E-state index is 0.119. The van der Waals surface area contributed by atoms with Crippen molar-refractivity contribution in [3.63, 3.8) is 0 Å². The number of hydrogen-bond acceptors (Lipinski definition) is 6. The third kappa shape index (κ3) is 5.58. The summed E-state index contributed by atoms with van der Waals surface area (Å²) in [5, 5.41) is 10.4. The number of benzene rings is 1. The van der Waals surface area contributed by atoms with Gasteiger partial charge in [-0.15, -0.1) is 0 Å². The number of nitrogens with zero attached hydrogens (tertiary/aromatic N) is 4. The Hall–Kier alpha value is -2.89. The number of carbonyl (C=O) groups is 2. The van der Waals surface area contributed by atoms with Crippen LogP contribution < -0.4 is 5.73 Å². The molecule has 194 valence electrons. The number of fused-ring (bicyclic) bond motifs is 1. The van der Waals surface area contributed by atoms with Crippen molar-refractivity contribution in [1.82, 2.24) is 14.4 Å². The molecule has 0 spiro atoms. The molecular formula is C28H39N5O3. The van der Waals surface area contributed by atoms with Gasteiger partial charge in [0.25, 0.3) is 0 Å². The first-order valence-corrected chi connectivity index (χ1v) is 13.5. The lowest BCUT2D eigenvalue weighted by Crippen LogP contribution is -2.48. The van der Waals surface area contributed by atoms with Gasteiger partial charge in [-0.3, -0.25) is 14.5 Å². The molecule has 2 aromatic rings. The highest BCUT2D eigenvalue weighted by Crippen LogP contribution is 2.29. The lowest BCUT2D eigenvalue weighted by Gasteiger charge is -2.32. The van der Waals surface area contributed by atoms with Crippen LogP contribution in [0.2, 0.25) is 0 Å². The molecule has 8 heteroatoms. The Morgan fingerprint density at radius 2 is 2.00 bits per heavy atom. The molecule has 2 N–H and O–H groups in total. The summed E-state index contributed by atoms with van der Waals surface area (Å²) in [4.78, 5) is 29.8. The number of likely N-dealkylation sites (tertiary alicyclic amines) is 2. The fourth-order valence-electron chi connectivity index (χ4n) is 5.94. The second-order valence-corrected chi connectivity index (χ2v) is 9.97. The van der Waals surface area contributed by atoms with E-state index < -0.39 is 6.04 Å². The summed E-state index contributed by atoms with van der Waals surface area (Å²) >= 11 is 0. The van der Waals surface area contributed by atoms with Crippen molar-refractivity contribution in [2.75, 3.05) is 26.2 Å². The summed E-state index contributed by atoms with van der Waals surface area (Å²) in [6, 6.07) is 9.82. The van der Waals surface area contributed by atoms with Gasteiger partial charge in [0.15, 0.2) is 0 Å². The van der Waals surface area contributed by atoms with Crippen LogP contribution in [0.15, 0.2) is 24.3 Å². The number of aryl methyl sites for hydroxylation is 2. The smallest absolute Gasteiger partial charge is 0.322 e. The average molecular weight is 494 g/mol. The van der Waals surface area contributed by atoms with E-state index in [0.29, 0.717) is 25.1 Å². The molecule has 2 saturated heterocycles. The molecule has 8 nitrogen and oxygen atoms in total. The molecule has 0 saturated carbocycles. The minimum Gasteiger partial charge on any atom is -0.465 e. The summed E-state index contributed by atoms with van der Waals surface area (Å²) in [6.07, 6.45) is 6.28.